The van der Waals surface area contributed by atoms with Crippen LogP contribution >= 0.6 is 22.9 Å². The zero-order chi connectivity index (χ0) is 43.2. The fourth-order valence-corrected chi connectivity index (χ4v) is 9.98. The normalized spacial score (nSPS) is 19.3. The summed E-state index contributed by atoms with van der Waals surface area (Å²) in [7, 11) is 0. The first-order valence-electron chi connectivity index (χ1n) is 20.6. The van der Waals surface area contributed by atoms with Crippen molar-refractivity contribution in [2.45, 2.75) is 71.1 Å². The van der Waals surface area contributed by atoms with Gasteiger partial charge in [-0.3, -0.25) is 38.8 Å². The van der Waals surface area contributed by atoms with Crippen LogP contribution in [-0.4, -0.2) is 98.1 Å². The lowest BCUT2D eigenvalue weighted by molar-refractivity contribution is -0.137. The number of benzene rings is 3. The van der Waals surface area contributed by atoms with E-state index in [9.17, 15) is 24.0 Å². The Morgan fingerprint density at radius 1 is 0.984 bits per heavy atom. The molecule has 0 radical (unpaired) electrons. The first kappa shape index (κ1) is 41.0. The first-order chi connectivity index (χ1) is 29.9. The quantitative estimate of drug-likeness (QED) is 0.115. The number of nitrogens with one attached hydrogen (secondary N) is 3. The predicted octanol–water partition coefficient (Wildman–Crippen LogP) is 5.47. The van der Waals surface area contributed by atoms with Crippen LogP contribution in [0.2, 0.25) is 5.02 Å². The first-order valence-corrected chi connectivity index (χ1v) is 21.8. The summed E-state index contributed by atoms with van der Waals surface area (Å²) in [5.74, 6) is 0.607. The van der Waals surface area contributed by atoms with Crippen molar-refractivity contribution >= 4 is 63.9 Å². The number of halogens is 1. The number of nitrogens with zero attached hydrogens (tertiary/aromatic N) is 6. The number of amides is 5. The highest BCUT2D eigenvalue weighted by Gasteiger charge is 2.40. The van der Waals surface area contributed by atoms with E-state index in [1.165, 1.54) is 4.90 Å². The summed E-state index contributed by atoms with van der Waals surface area (Å²) in [4.78, 5) is 74.2. The van der Waals surface area contributed by atoms with Crippen molar-refractivity contribution in [1.82, 2.24) is 35.2 Å². The molecule has 3 atom stereocenters. The van der Waals surface area contributed by atoms with E-state index in [1.54, 1.807) is 52.6 Å². The molecule has 5 aromatic rings. The predicted molar refractivity (Wildman–Crippen MR) is 233 cm³/mol. The van der Waals surface area contributed by atoms with Crippen molar-refractivity contribution in [2.24, 2.45) is 4.99 Å². The number of imide groups is 1. The molecule has 2 aromatic heterocycles. The summed E-state index contributed by atoms with van der Waals surface area (Å²) in [5, 5.41) is 19.3. The summed E-state index contributed by atoms with van der Waals surface area (Å²) >= 11 is 7.91. The van der Waals surface area contributed by atoms with Gasteiger partial charge in [0.05, 0.1) is 12.1 Å². The molecule has 4 aliphatic rings. The smallest absolute Gasteiger partial charge is 0.255 e. The second-order valence-electron chi connectivity index (χ2n) is 15.9. The molecule has 4 aliphatic heterocycles. The number of aryl methyl sites for hydroxylation is 2. The van der Waals surface area contributed by atoms with Gasteiger partial charge in [-0.05, 0) is 87.7 Å². The summed E-state index contributed by atoms with van der Waals surface area (Å²) in [5.41, 5.74) is 6.41. The van der Waals surface area contributed by atoms with Crippen molar-refractivity contribution in [3.05, 3.63) is 122 Å². The molecule has 6 heterocycles. The Morgan fingerprint density at radius 3 is 2.55 bits per heavy atom. The molecule has 0 saturated carbocycles. The number of anilines is 1. The Labute approximate surface area is 366 Å². The zero-order valence-corrected chi connectivity index (χ0v) is 35.9. The molecule has 0 bridgehead atoms. The molecule has 9 rings (SSSR count). The van der Waals surface area contributed by atoms with Gasteiger partial charge >= 0.3 is 0 Å². The van der Waals surface area contributed by atoms with Gasteiger partial charge in [0.2, 0.25) is 17.7 Å². The van der Waals surface area contributed by atoms with Gasteiger partial charge in [0.25, 0.3) is 11.8 Å². The number of aliphatic imine (C=N–C) groups is 1. The van der Waals surface area contributed by atoms with E-state index >= 15 is 0 Å². The van der Waals surface area contributed by atoms with Crippen LogP contribution in [0.3, 0.4) is 0 Å². The van der Waals surface area contributed by atoms with E-state index in [2.05, 4.69) is 40.0 Å². The van der Waals surface area contributed by atoms with Gasteiger partial charge in [-0.25, -0.2) is 0 Å². The molecule has 15 nitrogen and oxygen atoms in total. The maximum Gasteiger partial charge on any atom is 0.255 e. The van der Waals surface area contributed by atoms with E-state index in [4.69, 9.17) is 21.3 Å². The number of hydrogen-bond donors (Lipinski definition) is 3. The second kappa shape index (κ2) is 16.8. The minimum atomic E-state index is -0.681. The summed E-state index contributed by atoms with van der Waals surface area (Å²) in [6.45, 7) is 7.99. The number of rotatable bonds is 11. The maximum absolute atomic E-state index is 13.7. The molecule has 17 heteroatoms. The van der Waals surface area contributed by atoms with Crippen molar-refractivity contribution < 1.29 is 28.7 Å². The number of carbonyl (C=O) groups is 5. The number of hydrogen-bond acceptors (Lipinski definition) is 11. The summed E-state index contributed by atoms with van der Waals surface area (Å²) < 4.78 is 7.99. The Balaban J connectivity index is 0.785. The highest BCUT2D eigenvalue weighted by molar-refractivity contribution is 7.15. The van der Waals surface area contributed by atoms with Crippen LogP contribution in [-0.2, 0) is 20.9 Å². The molecular weight excluding hydrogens is 830 g/mol. The van der Waals surface area contributed by atoms with E-state index < -0.39 is 18.0 Å². The second-order valence-corrected chi connectivity index (χ2v) is 17.6. The van der Waals surface area contributed by atoms with Gasteiger partial charge in [0.15, 0.2) is 5.82 Å². The number of ether oxygens (including phenoxy) is 1. The van der Waals surface area contributed by atoms with Gasteiger partial charge in [0, 0.05) is 82.0 Å². The van der Waals surface area contributed by atoms with Gasteiger partial charge in [-0.2, -0.15) is 0 Å². The topological polar surface area (TPSA) is 180 Å². The lowest BCUT2D eigenvalue weighted by atomic mass is 9.99. The molecule has 62 heavy (non-hydrogen) atoms. The third-order valence-electron chi connectivity index (χ3n) is 11.9. The molecule has 3 aromatic carbocycles. The van der Waals surface area contributed by atoms with E-state index in [-0.39, 0.29) is 49.1 Å². The van der Waals surface area contributed by atoms with Crippen LogP contribution in [0.4, 0.5) is 5.69 Å². The van der Waals surface area contributed by atoms with Crippen LogP contribution in [0.15, 0.2) is 71.7 Å². The average molecular weight is 874 g/mol. The lowest BCUT2D eigenvalue weighted by Crippen LogP contribution is -2.52. The van der Waals surface area contributed by atoms with Crippen molar-refractivity contribution in [1.29, 1.82) is 0 Å². The molecule has 3 N–H and O–H groups in total. The van der Waals surface area contributed by atoms with Crippen molar-refractivity contribution in [2.75, 3.05) is 31.6 Å². The Morgan fingerprint density at radius 2 is 1.77 bits per heavy atom. The van der Waals surface area contributed by atoms with E-state index in [0.717, 1.165) is 49.4 Å². The van der Waals surface area contributed by atoms with Crippen LogP contribution in [0.25, 0.3) is 5.00 Å². The number of fused-ring (bicyclic) bond motifs is 4. The van der Waals surface area contributed by atoms with Crippen molar-refractivity contribution in [3.8, 4) is 10.8 Å². The van der Waals surface area contributed by atoms with Gasteiger partial charge in [0.1, 0.15) is 35.3 Å². The fourth-order valence-electron chi connectivity index (χ4n) is 8.64. The molecular formula is C45H44ClN9O6S. The molecule has 2 fully saturated rings. The van der Waals surface area contributed by atoms with E-state index in [1.807, 2.05) is 41.8 Å². The maximum atomic E-state index is 13.7. The number of piperidine rings is 1. The molecule has 0 aliphatic carbocycles. The van der Waals surface area contributed by atoms with Crippen LogP contribution in [0.5, 0.6) is 5.75 Å². The highest BCUT2D eigenvalue weighted by atomic mass is 35.5. The zero-order valence-electron chi connectivity index (χ0n) is 34.4. The monoisotopic (exact) mass is 873 g/mol. The van der Waals surface area contributed by atoms with Crippen LogP contribution in [0, 0.1) is 20.8 Å². The fraction of sp³-hybridized carbons (Fsp3) is 0.333. The molecule has 0 spiro atoms. The SMILES string of the molecule is Cc1sc2c(c1C)C(c1ccc(Cl)cc1)=N[C@@H](CC(=O)N[C@H]1CCN(C(=O)c3ccc(OCCNc4cccc5c4CN(C4CCC(=O)NC4=O)C5=O)cc3)C1)c1nnc(C)n1-2. The summed E-state index contributed by atoms with van der Waals surface area (Å²) in [6.07, 6.45) is 1.17. The third-order valence-corrected chi connectivity index (χ3v) is 13.4. The summed E-state index contributed by atoms with van der Waals surface area (Å²) in [6, 6.07) is 18.5. The van der Waals surface area contributed by atoms with Gasteiger partial charge in [-0.15, -0.1) is 21.5 Å². The van der Waals surface area contributed by atoms with Crippen LogP contribution < -0.4 is 20.7 Å². The molecule has 2 saturated heterocycles. The molecule has 318 valence electrons. The lowest BCUT2D eigenvalue weighted by Gasteiger charge is -2.29. The number of thiophene rings is 1. The third kappa shape index (κ3) is 7.84. The standard InChI is InChI=1S/C45H44ClN9O6S/c1-24-25(2)62-45-39(24)40(27-7-11-29(46)12-8-27)49-35(41-52-51-26(3)55(41)45)21-38(57)48-30-17-19-53(22-30)43(59)28-9-13-31(14-10-28)61-20-18-47-34-6-4-5-32-33(34)23-54(44(32)60)36-15-16-37(56)50-42(36)58/h4-14,30,35-36,47H,15-23H2,1-3H3,(H,48,57)(H,50,56,58)/t30-,35-,36?/m0/s1. The molecule has 1 unspecified atom stereocenters. The average Bonchev–Trinajstić information content (AvgIpc) is 4.02. The Bertz CT molecular complexity index is 2660. The minimum Gasteiger partial charge on any atom is -0.492 e. The largest absolute Gasteiger partial charge is 0.492 e. The van der Waals surface area contributed by atoms with Gasteiger partial charge in [-0.1, -0.05) is 29.8 Å². The van der Waals surface area contributed by atoms with E-state index in [0.29, 0.717) is 66.8 Å². The van der Waals surface area contributed by atoms with Crippen LogP contribution in [0.1, 0.15) is 91.2 Å². The number of carbonyl (C=O) groups excluding carboxylic acids is 5. The minimum absolute atomic E-state index is 0.0556. The van der Waals surface area contributed by atoms with Gasteiger partial charge < -0.3 is 25.2 Å². The highest BCUT2D eigenvalue weighted by Crippen LogP contribution is 2.40. The number of aromatic nitrogens is 3. The van der Waals surface area contributed by atoms with Crippen molar-refractivity contribution in [3.63, 3.8) is 0 Å². The Kier molecular flexibility index (Phi) is 11.1. The number of likely N-dealkylation sites (tertiary alicyclic amines) is 1. The molecule has 5 amide bonds. The Hall–Kier alpha value is -6.39.